The van der Waals surface area contributed by atoms with Crippen LogP contribution in [-0.4, -0.2) is 41.2 Å². The lowest BCUT2D eigenvalue weighted by Gasteiger charge is -2.21. The highest BCUT2D eigenvalue weighted by Gasteiger charge is 2.25. The summed E-state index contributed by atoms with van der Waals surface area (Å²) in [6, 6.07) is 25.9. The van der Waals surface area contributed by atoms with Gasteiger partial charge in [0.1, 0.15) is 28.7 Å². The summed E-state index contributed by atoms with van der Waals surface area (Å²) < 4.78 is 18.1. The fourth-order valence-electron chi connectivity index (χ4n) is 7.77. The molecule has 0 aromatic heterocycles. The lowest BCUT2D eigenvalue weighted by atomic mass is 9.90. The van der Waals surface area contributed by atoms with Crippen LogP contribution in [0.4, 0.5) is 5.69 Å². The first-order chi connectivity index (χ1) is 27.6. The summed E-state index contributed by atoms with van der Waals surface area (Å²) in [6.07, 6.45) is 7.61. The number of para-hydroxylation sites is 2. The highest BCUT2D eigenvalue weighted by Crippen LogP contribution is 2.40. The van der Waals surface area contributed by atoms with Crippen molar-refractivity contribution >= 4 is 23.6 Å². The molecular weight excluding hydrogens is 719 g/mol. The Hall–Kier alpha value is -6.35. The van der Waals surface area contributed by atoms with Gasteiger partial charge in [-0.15, -0.1) is 0 Å². The molecule has 0 heterocycles. The fraction of sp³-hybridized carbons (Fsp3) is 0.271. The van der Waals surface area contributed by atoms with E-state index in [-0.39, 0.29) is 35.8 Å². The average molecular weight is 766 g/mol. The Labute approximate surface area is 333 Å². The van der Waals surface area contributed by atoms with Crippen LogP contribution in [0.3, 0.4) is 0 Å². The Bertz CT molecular complexity index is 2290. The van der Waals surface area contributed by atoms with Crippen LogP contribution in [-0.2, 0) is 30.5 Å². The predicted molar refractivity (Wildman–Crippen MR) is 222 cm³/mol. The van der Waals surface area contributed by atoms with Crippen molar-refractivity contribution in [2.24, 2.45) is 0 Å². The number of rotatable bonds is 10. The summed E-state index contributed by atoms with van der Waals surface area (Å²) >= 11 is 0. The van der Waals surface area contributed by atoms with Gasteiger partial charge in [0.15, 0.2) is 5.78 Å². The summed E-state index contributed by atoms with van der Waals surface area (Å²) in [4.78, 5) is 25.5. The van der Waals surface area contributed by atoms with Gasteiger partial charge in [0.05, 0.1) is 25.2 Å². The maximum atomic E-state index is 13.8. The SMILES string of the molecule is CCCOc1c2cccc1Cc1cc([N+](=O)[O-])cc(c1O)Cc1cccc(c1OCCC)Cc1cc(/C=C3\CC/C(=C\c4ccc(OC)cc4)C3=O)cc(c1O)C2. The number of aromatic hydroxyl groups is 2. The van der Waals surface area contributed by atoms with E-state index in [0.29, 0.717) is 78.2 Å². The smallest absolute Gasteiger partial charge is 0.270 e. The molecule has 1 saturated carbocycles. The van der Waals surface area contributed by atoms with E-state index in [1.165, 1.54) is 12.1 Å². The first-order valence-corrected chi connectivity index (χ1v) is 19.6. The number of carbonyl (C=O) groups is 1. The number of carbonyl (C=O) groups excluding carboxylic acids is 1. The Morgan fingerprint density at radius 1 is 0.632 bits per heavy atom. The molecule has 292 valence electrons. The average Bonchev–Trinajstić information content (AvgIpc) is 3.54. The zero-order chi connectivity index (χ0) is 40.1. The minimum atomic E-state index is -0.431. The van der Waals surface area contributed by atoms with Crippen molar-refractivity contribution in [2.75, 3.05) is 20.3 Å². The third-order valence-corrected chi connectivity index (χ3v) is 10.6. The van der Waals surface area contributed by atoms with E-state index in [0.717, 1.165) is 57.5 Å². The van der Waals surface area contributed by atoms with Crippen molar-refractivity contribution < 1.29 is 34.1 Å². The van der Waals surface area contributed by atoms with Gasteiger partial charge < -0.3 is 24.4 Å². The number of hydrogen-bond acceptors (Lipinski definition) is 8. The van der Waals surface area contributed by atoms with Crippen molar-refractivity contribution in [2.45, 2.75) is 65.2 Å². The monoisotopic (exact) mass is 765 g/mol. The Morgan fingerprint density at radius 2 is 1.05 bits per heavy atom. The maximum absolute atomic E-state index is 13.8. The number of allylic oxidation sites excluding steroid dienone is 2. The van der Waals surface area contributed by atoms with E-state index >= 15 is 0 Å². The number of nitro benzene ring substituents is 1. The molecule has 0 saturated heterocycles. The Kier molecular flexibility index (Phi) is 11.7. The van der Waals surface area contributed by atoms with E-state index in [9.17, 15) is 25.1 Å². The van der Waals surface area contributed by atoms with E-state index in [1.54, 1.807) is 7.11 Å². The standard InChI is InChI=1S/C48H47NO8/c1-4-18-56-47-34-8-6-10-36(47)26-40-28-42(49(53)54)29-41(46(40)52)27-37-11-7-9-35(48(37)57-19-5-2)25-39-23-31(22-38(24-34)45(39)51)21-33-15-14-32(44(33)50)20-30-12-16-43(55-3)17-13-30/h6-13,16-17,20-23,28-29,51-52H,4-5,14-15,18-19,24-27H2,1-3H3/b32-20+,33-21+. The van der Waals surface area contributed by atoms with E-state index < -0.39 is 4.92 Å². The number of methoxy groups -OCH3 is 1. The van der Waals surface area contributed by atoms with E-state index in [2.05, 4.69) is 0 Å². The lowest BCUT2D eigenvalue weighted by Crippen LogP contribution is -2.07. The normalized spacial score (nSPS) is 15.2. The van der Waals surface area contributed by atoms with Gasteiger partial charge in [-0.1, -0.05) is 62.4 Å². The highest BCUT2D eigenvalue weighted by atomic mass is 16.6. The van der Waals surface area contributed by atoms with E-state index in [1.807, 2.05) is 98.8 Å². The van der Waals surface area contributed by atoms with Gasteiger partial charge in [0.2, 0.25) is 0 Å². The molecule has 9 nitrogen and oxygen atoms in total. The molecule has 2 N–H and O–H groups in total. The number of non-ortho nitro benzene ring substituents is 1. The Morgan fingerprint density at radius 3 is 1.46 bits per heavy atom. The molecule has 9 heteroatoms. The highest BCUT2D eigenvalue weighted by molar-refractivity contribution is 6.15. The summed E-state index contributed by atoms with van der Waals surface area (Å²) in [5.74, 6) is 2.14. The number of ketones is 1. The molecule has 0 spiro atoms. The topological polar surface area (TPSA) is 128 Å². The van der Waals surface area contributed by atoms with Crippen LogP contribution in [0.15, 0.2) is 96.1 Å². The van der Waals surface area contributed by atoms with Crippen molar-refractivity contribution in [1.29, 1.82) is 0 Å². The van der Waals surface area contributed by atoms with Crippen LogP contribution >= 0.6 is 0 Å². The number of nitrogens with zero attached hydrogens (tertiary/aromatic N) is 1. The molecule has 1 fully saturated rings. The van der Waals surface area contributed by atoms with Crippen molar-refractivity contribution in [3.63, 3.8) is 0 Å². The van der Waals surface area contributed by atoms with Crippen molar-refractivity contribution in [3.05, 3.63) is 162 Å². The van der Waals surface area contributed by atoms with Gasteiger partial charge in [-0.25, -0.2) is 0 Å². The molecule has 2 aliphatic carbocycles. The second kappa shape index (κ2) is 17.2. The number of Topliss-reactive ketones (excluding diaryl/α,β-unsaturated/α-hetero) is 1. The molecular formula is C48H47NO8. The number of ether oxygens (including phenoxy) is 3. The number of phenols is 2. The number of fused-ring (bicyclic) bond motifs is 8. The van der Waals surface area contributed by atoms with Crippen LogP contribution in [0.1, 0.15) is 95.2 Å². The molecule has 0 aliphatic heterocycles. The second-order valence-electron chi connectivity index (χ2n) is 14.7. The van der Waals surface area contributed by atoms with Crippen molar-refractivity contribution in [3.8, 4) is 28.7 Å². The second-order valence-corrected chi connectivity index (χ2v) is 14.7. The fourth-order valence-corrected chi connectivity index (χ4v) is 7.77. The third-order valence-electron chi connectivity index (χ3n) is 10.6. The Balaban J connectivity index is 1.38. The van der Waals surface area contributed by atoms with Gasteiger partial charge in [0, 0.05) is 60.1 Å². The molecule has 0 unspecified atom stereocenters. The third kappa shape index (κ3) is 8.58. The van der Waals surface area contributed by atoms with Crippen LogP contribution < -0.4 is 14.2 Å². The molecule has 2 aliphatic rings. The zero-order valence-electron chi connectivity index (χ0n) is 32.6. The van der Waals surface area contributed by atoms with Crippen LogP contribution in [0, 0.1) is 10.1 Å². The number of phenolic OH excluding ortho intramolecular Hbond substituents is 2. The maximum Gasteiger partial charge on any atom is 0.270 e. The van der Waals surface area contributed by atoms with Crippen LogP contribution in [0.5, 0.6) is 28.7 Å². The van der Waals surface area contributed by atoms with Gasteiger partial charge in [-0.2, -0.15) is 0 Å². The molecule has 0 amide bonds. The number of benzene rings is 5. The molecule has 7 rings (SSSR count). The molecule has 5 aromatic carbocycles. The molecule has 0 radical (unpaired) electrons. The molecule has 5 aromatic rings. The minimum absolute atomic E-state index is 0.00427. The zero-order valence-corrected chi connectivity index (χ0v) is 32.6. The van der Waals surface area contributed by atoms with E-state index in [4.69, 9.17) is 14.2 Å². The lowest BCUT2D eigenvalue weighted by molar-refractivity contribution is -0.385. The van der Waals surface area contributed by atoms with Gasteiger partial charge in [0.25, 0.3) is 5.69 Å². The quantitative estimate of drug-likeness (QED) is 0.0801. The molecule has 0 atom stereocenters. The summed E-state index contributed by atoms with van der Waals surface area (Å²) in [7, 11) is 1.62. The first kappa shape index (κ1) is 38.9. The first-order valence-electron chi connectivity index (χ1n) is 19.6. The molecule has 8 bridgehead atoms. The van der Waals surface area contributed by atoms with Crippen LogP contribution in [0.2, 0.25) is 0 Å². The van der Waals surface area contributed by atoms with Gasteiger partial charge in [-0.3, -0.25) is 14.9 Å². The minimum Gasteiger partial charge on any atom is -0.507 e. The summed E-state index contributed by atoms with van der Waals surface area (Å²) in [5, 5.41) is 36.0. The van der Waals surface area contributed by atoms with Gasteiger partial charge >= 0.3 is 0 Å². The van der Waals surface area contributed by atoms with Gasteiger partial charge in [-0.05, 0) is 107 Å². The summed E-state index contributed by atoms with van der Waals surface area (Å²) in [6.45, 7) is 4.90. The number of nitro groups is 1. The van der Waals surface area contributed by atoms with Crippen molar-refractivity contribution in [1.82, 2.24) is 0 Å². The molecule has 57 heavy (non-hydrogen) atoms. The largest absolute Gasteiger partial charge is 0.507 e. The van der Waals surface area contributed by atoms with Crippen LogP contribution in [0.25, 0.3) is 12.2 Å². The number of hydrogen-bond donors (Lipinski definition) is 2. The summed E-state index contributed by atoms with van der Waals surface area (Å²) in [5.41, 5.74) is 8.40. The predicted octanol–water partition coefficient (Wildman–Crippen LogP) is 10.1.